The number of nitrogens with zero attached hydrogens (tertiary/aromatic N) is 3. The van der Waals surface area contributed by atoms with Crippen LogP contribution in [-0.4, -0.2) is 67.9 Å². The van der Waals surface area contributed by atoms with Gasteiger partial charge in [-0.15, -0.1) is 4.40 Å². The third-order valence-electron chi connectivity index (χ3n) is 4.52. The highest BCUT2D eigenvalue weighted by Gasteiger charge is 2.26. The molecule has 0 spiro atoms. The second-order valence-corrected chi connectivity index (χ2v) is 8.24. The highest BCUT2D eigenvalue weighted by molar-refractivity contribution is 7.90. The smallest absolute Gasteiger partial charge is 0.340 e. The molecule has 1 saturated heterocycles. The van der Waals surface area contributed by atoms with Gasteiger partial charge < -0.3 is 14.5 Å². The van der Waals surface area contributed by atoms with E-state index in [1.807, 2.05) is 0 Å². The number of amides is 1. The van der Waals surface area contributed by atoms with Gasteiger partial charge in [-0.3, -0.25) is 4.79 Å². The van der Waals surface area contributed by atoms with Crippen LogP contribution in [0.25, 0.3) is 0 Å². The zero-order chi connectivity index (χ0) is 18.0. The highest BCUT2D eigenvalue weighted by atomic mass is 32.2. The number of likely N-dealkylation sites (tertiary alicyclic amines) is 1. The number of ether oxygens (including phenoxy) is 1. The zero-order valence-electron chi connectivity index (χ0n) is 14.1. The highest BCUT2D eigenvalue weighted by Crippen LogP contribution is 2.18. The summed E-state index contributed by atoms with van der Waals surface area (Å²) in [7, 11) is -3.43. The Morgan fingerprint density at radius 1 is 1.24 bits per heavy atom. The molecule has 3 aliphatic rings. The Bertz CT molecular complexity index is 761. The van der Waals surface area contributed by atoms with Gasteiger partial charge in [-0.05, 0) is 30.9 Å². The first-order chi connectivity index (χ1) is 11.8. The summed E-state index contributed by atoms with van der Waals surface area (Å²) < 4.78 is 31.7. The second-order valence-electron chi connectivity index (χ2n) is 6.49. The van der Waals surface area contributed by atoms with Gasteiger partial charge in [-0.25, -0.2) is 13.2 Å². The topological polar surface area (TPSA) is 96.4 Å². The molecule has 136 valence electrons. The summed E-state index contributed by atoms with van der Waals surface area (Å²) in [5.41, 5.74) is 0.262. The third-order valence-corrected chi connectivity index (χ3v) is 5.69. The molecule has 25 heavy (non-hydrogen) atoms. The van der Waals surface area contributed by atoms with Gasteiger partial charge in [0.05, 0.1) is 11.3 Å². The van der Waals surface area contributed by atoms with Crippen LogP contribution in [0.5, 0.6) is 0 Å². The van der Waals surface area contributed by atoms with E-state index in [1.165, 1.54) is 18.4 Å². The molecule has 1 fully saturated rings. The number of fused-ring (bicyclic) bond motifs is 1. The van der Waals surface area contributed by atoms with Gasteiger partial charge in [0.2, 0.25) is 0 Å². The van der Waals surface area contributed by atoms with E-state index in [4.69, 9.17) is 4.74 Å². The predicted molar refractivity (Wildman–Crippen MR) is 91.1 cm³/mol. The normalized spacial score (nSPS) is 22.8. The maximum Gasteiger partial charge on any atom is 0.340 e. The van der Waals surface area contributed by atoms with Gasteiger partial charge >= 0.3 is 5.97 Å². The maximum atomic E-state index is 12.1. The van der Waals surface area contributed by atoms with Gasteiger partial charge in [0.25, 0.3) is 15.9 Å². The molecule has 9 heteroatoms. The minimum atomic E-state index is -3.43. The van der Waals surface area contributed by atoms with Crippen LogP contribution in [0.3, 0.4) is 0 Å². The molecule has 1 amide bonds. The summed E-state index contributed by atoms with van der Waals surface area (Å²) in [5, 5.41) is 0. The third kappa shape index (κ3) is 4.28. The molecular formula is C16H21N3O5S. The van der Waals surface area contributed by atoms with Gasteiger partial charge in [0, 0.05) is 25.8 Å². The van der Waals surface area contributed by atoms with E-state index in [2.05, 4.69) is 11.3 Å². The summed E-state index contributed by atoms with van der Waals surface area (Å²) >= 11 is 0. The molecule has 0 aromatic carbocycles. The lowest BCUT2D eigenvalue weighted by Gasteiger charge is -2.30. The van der Waals surface area contributed by atoms with Gasteiger partial charge in [0.1, 0.15) is 5.84 Å². The first-order valence-corrected chi connectivity index (χ1v) is 9.89. The first-order valence-electron chi connectivity index (χ1n) is 8.28. The molecule has 3 heterocycles. The molecule has 0 saturated carbocycles. The monoisotopic (exact) mass is 367 g/mol. The Morgan fingerprint density at radius 3 is 2.68 bits per heavy atom. The number of hydrogen-bond donors (Lipinski definition) is 0. The minimum Gasteiger partial charge on any atom is -0.452 e. The molecule has 0 aliphatic carbocycles. The Balaban J connectivity index is 1.55. The predicted octanol–water partition coefficient (Wildman–Crippen LogP) is 0.286. The van der Waals surface area contributed by atoms with Crippen molar-refractivity contribution in [2.24, 2.45) is 10.3 Å². The number of amidine groups is 1. The van der Waals surface area contributed by atoms with E-state index in [1.54, 1.807) is 9.80 Å². The van der Waals surface area contributed by atoms with Crippen LogP contribution in [-0.2, 0) is 24.3 Å². The Morgan fingerprint density at radius 2 is 1.96 bits per heavy atom. The van der Waals surface area contributed by atoms with E-state index in [9.17, 15) is 18.0 Å². The molecule has 0 N–H and O–H groups in total. The fraction of sp³-hybridized carbons (Fsp3) is 0.562. The van der Waals surface area contributed by atoms with Crippen molar-refractivity contribution in [3.05, 3.63) is 23.9 Å². The van der Waals surface area contributed by atoms with Crippen LogP contribution in [0.1, 0.15) is 19.8 Å². The van der Waals surface area contributed by atoms with E-state index >= 15 is 0 Å². The molecule has 0 unspecified atom stereocenters. The average molecular weight is 367 g/mol. The lowest BCUT2D eigenvalue weighted by atomic mass is 9.99. The molecule has 0 aromatic heterocycles. The number of esters is 1. The van der Waals surface area contributed by atoms with Crippen molar-refractivity contribution >= 4 is 27.7 Å². The summed E-state index contributed by atoms with van der Waals surface area (Å²) in [5.74, 6) is -0.00115. The lowest BCUT2D eigenvalue weighted by molar-refractivity contribution is -0.149. The number of piperidine rings is 1. The number of carbonyl (C=O) groups excluding carboxylic acids is 2. The summed E-state index contributed by atoms with van der Waals surface area (Å²) in [4.78, 5) is 27.6. The largest absolute Gasteiger partial charge is 0.452 e. The molecule has 3 aliphatic heterocycles. The average Bonchev–Trinajstić information content (AvgIpc) is 2.58. The van der Waals surface area contributed by atoms with Crippen molar-refractivity contribution in [3.8, 4) is 0 Å². The van der Waals surface area contributed by atoms with Crippen molar-refractivity contribution in [2.75, 3.05) is 32.0 Å². The van der Waals surface area contributed by atoms with E-state index in [0.717, 1.165) is 12.8 Å². The molecular weight excluding hydrogens is 346 g/mol. The second kappa shape index (κ2) is 6.99. The SMILES string of the molecule is CC1CCN(C(=O)COC(=O)C2=CN3CCS(=O)(=O)N=C3C=C2)CC1. The maximum absolute atomic E-state index is 12.1. The lowest BCUT2D eigenvalue weighted by Crippen LogP contribution is -2.40. The number of carbonyl (C=O) groups is 2. The molecule has 0 aromatic rings. The van der Waals surface area contributed by atoms with Crippen LogP contribution >= 0.6 is 0 Å². The Hall–Kier alpha value is -2.16. The van der Waals surface area contributed by atoms with Crippen LogP contribution in [0.4, 0.5) is 0 Å². The van der Waals surface area contributed by atoms with Crippen LogP contribution in [0, 0.1) is 5.92 Å². The number of sulfonamides is 1. The van der Waals surface area contributed by atoms with Crippen molar-refractivity contribution in [3.63, 3.8) is 0 Å². The van der Waals surface area contributed by atoms with Crippen LogP contribution < -0.4 is 0 Å². The Kier molecular flexibility index (Phi) is 4.94. The summed E-state index contributed by atoms with van der Waals surface area (Å²) in [6, 6.07) is 0. The molecule has 0 radical (unpaired) electrons. The molecule has 0 bridgehead atoms. The number of hydrogen-bond acceptors (Lipinski definition) is 6. The fourth-order valence-electron chi connectivity index (χ4n) is 2.88. The van der Waals surface area contributed by atoms with E-state index < -0.39 is 16.0 Å². The molecule has 3 rings (SSSR count). The summed E-state index contributed by atoms with van der Waals surface area (Å²) in [6.45, 7) is 3.50. The van der Waals surface area contributed by atoms with E-state index in [-0.39, 0.29) is 36.2 Å². The van der Waals surface area contributed by atoms with E-state index in [0.29, 0.717) is 19.0 Å². The molecule has 8 nitrogen and oxygen atoms in total. The van der Waals surface area contributed by atoms with Crippen molar-refractivity contribution < 1.29 is 22.7 Å². The van der Waals surface area contributed by atoms with Crippen molar-refractivity contribution in [1.82, 2.24) is 9.80 Å². The van der Waals surface area contributed by atoms with Gasteiger partial charge in [-0.2, -0.15) is 0 Å². The minimum absolute atomic E-state index is 0.102. The molecule has 0 atom stereocenters. The van der Waals surface area contributed by atoms with Gasteiger partial charge in [-0.1, -0.05) is 6.92 Å². The quantitative estimate of drug-likeness (QED) is 0.665. The van der Waals surface area contributed by atoms with Crippen LogP contribution in [0.2, 0.25) is 0 Å². The fourth-order valence-corrected chi connectivity index (χ4v) is 3.85. The standard InChI is InChI=1S/C16H21N3O5S/c1-12-4-6-18(7-5-12)15(20)11-24-16(21)13-2-3-14-17-25(22,23)9-8-19(14)10-13/h2-3,10,12H,4-9,11H2,1H3. The van der Waals surface area contributed by atoms with Gasteiger partial charge in [0.15, 0.2) is 6.61 Å². The first kappa shape index (κ1) is 17.7. The van der Waals surface area contributed by atoms with Crippen molar-refractivity contribution in [2.45, 2.75) is 19.8 Å². The number of rotatable bonds is 3. The van der Waals surface area contributed by atoms with Crippen molar-refractivity contribution in [1.29, 1.82) is 0 Å². The zero-order valence-corrected chi connectivity index (χ0v) is 14.9. The van der Waals surface area contributed by atoms with Crippen LogP contribution in [0.15, 0.2) is 28.3 Å². The summed E-state index contributed by atoms with van der Waals surface area (Å²) in [6.07, 6.45) is 6.34. The Labute approximate surface area is 146 Å².